The highest BCUT2D eigenvalue weighted by atomic mass is 32.1. The second kappa shape index (κ2) is 4.42. The first-order valence-corrected chi connectivity index (χ1v) is 5.33. The van der Waals surface area contributed by atoms with Crippen LogP contribution in [0.4, 0.5) is 0 Å². The van der Waals surface area contributed by atoms with Crippen LogP contribution >= 0.6 is 12.2 Å². The second-order valence-electron chi connectivity index (χ2n) is 3.28. The van der Waals surface area contributed by atoms with E-state index in [1.165, 1.54) is 17.1 Å². The first-order chi connectivity index (χ1) is 8.10. The van der Waals surface area contributed by atoms with Crippen molar-refractivity contribution < 1.29 is 0 Å². The quantitative estimate of drug-likeness (QED) is 0.715. The van der Waals surface area contributed by atoms with E-state index in [-0.39, 0.29) is 16.4 Å². The molecule has 0 amide bonds. The van der Waals surface area contributed by atoms with Crippen molar-refractivity contribution in [2.24, 2.45) is 5.73 Å². The van der Waals surface area contributed by atoms with E-state index in [9.17, 15) is 4.79 Å². The molecule has 0 aliphatic carbocycles. The van der Waals surface area contributed by atoms with Crippen LogP contribution in [-0.2, 0) is 6.42 Å². The van der Waals surface area contributed by atoms with E-state index in [2.05, 4.69) is 20.1 Å². The fourth-order valence-corrected chi connectivity index (χ4v) is 1.36. The van der Waals surface area contributed by atoms with Gasteiger partial charge in [-0.3, -0.25) is 4.79 Å². The lowest BCUT2D eigenvalue weighted by molar-refractivity contribution is 0.802. The molecule has 0 aliphatic heterocycles. The van der Waals surface area contributed by atoms with E-state index in [1.807, 2.05) is 6.92 Å². The molecule has 88 valence electrons. The predicted octanol–water partition coefficient (Wildman–Crippen LogP) is -0.453. The van der Waals surface area contributed by atoms with Crippen LogP contribution in [0.5, 0.6) is 0 Å². The molecule has 0 saturated heterocycles. The van der Waals surface area contributed by atoms with Crippen molar-refractivity contribution in [3.63, 3.8) is 0 Å². The van der Waals surface area contributed by atoms with E-state index in [1.54, 1.807) is 0 Å². The highest BCUT2D eigenvalue weighted by Gasteiger charge is 2.07. The molecule has 0 spiro atoms. The standard InChI is InChI=1S/C9H10N6OS/c1-2-5-12-6(3-7(16)13-5)15-4-11-9(14-15)8(10)17/h3-4H,2H2,1H3,(H2,10,17)(H,12,13,16). The van der Waals surface area contributed by atoms with Gasteiger partial charge >= 0.3 is 0 Å². The van der Waals surface area contributed by atoms with E-state index >= 15 is 0 Å². The molecule has 0 fully saturated rings. The van der Waals surface area contributed by atoms with Crippen molar-refractivity contribution in [3.8, 4) is 5.82 Å². The Morgan fingerprint density at radius 2 is 2.41 bits per heavy atom. The highest BCUT2D eigenvalue weighted by molar-refractivity contribution is 7.80. The molecule has 0 saturated carbocycles. The molecule has 3 N–H and O–H groups in total. The fraction of sp³-hybridized carbons (Fsp3) is 0.222. The van der Waals surface area contributed by atoms with Gasteiger partial charge in [0.2, 0.25) is 5.82 Å². The number of aromatic amines is 1. The molecule has 0 bridgehead atoms. The Morgan fingerprint density at radius 1 is 1.65 bits per heavy atom. The maximum absolute atomic E-state index is 11.4. The van der Waals surface area contributed by atoms with Gasteiger partial charge in [-0.15, -0.1) is 5.10 Å². The number of rotatable bonds is 3. The number of thiocarbonyl (C=S) groups is 1. The minimum atomic E-state index is -0.237. The molecule has 8 heteroatoms. The van der Waals surface area contributed by atoms with E-state index in [4.69, 9.17) is 18.0 Å². The zero-order chi connectivity index (χ0) is 12.4. The number of hydrogen-bond acceptors (Lipinski definition) is 5. The molecule has 0 aliphatic rings. The number of hydrogen-bond donors (Lipinski definition) is 2. The Balaban J connectivity index is 2.48. The zero-order valence-electron chi connectivity index (χ0n) is 9.04. The van der Waals surface area contributed by atoms with Gasteiger partial charge in [-0.1, -0.05) is 19.1 Å². The molecule has 2 rings (SSSR count). The number of nitrogens with one attached hydrogen (secondary N) is 1. The number of aryl methyl sites for hydroxylation is 1. The third-order valence-corrected chi connectivity index (χ3v) is 2.24. The maximum Gasteiger partial charge on any atom is 0.253 e. The van der Waals surface area contributed by atoms with Gasteiger partial charge in [0.05, 0.1) is 0 Å². The highest BCUT2D eigenvalue weighted by Crippen LogP contribution is 2.00. The topological polar surface area (TPSA) is 102 Å². The Morgan fingerprint density at radius 3 is 3.00 bits per heavy atom. The van der Waals surface area contributed by atoms with Crippen molar-refractivity contribution in [3.05, 3.63) is 34.4 Å². The Kier molecular flexibility index (Phi) is 2.96. The van der Waals surface area contributed by atoms with E-state index < -0.39 is 0 Å². The average Bonchev–Trinajstić information content (AvgIpc) is 2.77. The summed E-state index contributed by atoms with van der Waals surface area (Å²) in [5.41, 5.74) is 5.16. The van der Waals surface area contributed by atoms with Crippen molar-refractivity contribution in [2.75, 3.05) is 0 Å². The van der Waals surface area contributed by atoms with Gasteiger partial charge in [0.15, 0.2) is 5.82 Å². The number of H-pyrrole nitrogens is 1. The normalized spacial score (nSPS) is 10.4. The zero-order valence-corrected chi connectivity index (χ0v) is 9.86. The van der Waals surface area contributed by atoms with Crippen molar-refractivity contribution >= 4 is 17.2 Å². The first kappa shape index (κ1) is 11.4. The van der Waals surface area contributed by atoms with Crippen LogP contribution in [0.3, 0.4) is 0 Å². The molecule has 0 aromatic carbocycles. The van der Waals surface area contributed by atoms with Gasteiger partial charge in [-0.2, -0.15) is 0 Å². The second-order valence-corrected chi connectivity index (χ2v) is 3.72. The molecule has 0 radical (unpaired) electrons. The summed E-state index contributed by atoms with van der Waals surface area (Å²) in [4.78, 5) is 22.2. The van der Waals surface area contributed by atoms with Crippen LogP contribution in [0.1, 0.15) is 18.6 Å². The third kappa shape index (κ3) is 2.36. The summed E-state index contributed by atoms with van der Waals surface area (Å²) in [6.07, 6.45) is 2.04. The average molecular weight is 250 g/mol. The summed E-state index contributed by atoms with van der Waals surface area (Å²) in [6, 6.07) is 1.33. The number of nitrogens with zero attached hydrogens (tertiary/aromatic N) is 4. The molecular weight excluding hydrogens is 240 g/mol. The lowest BCUT2D eigenvalue weighted by Gasteiger charge is -2.01. The van der Waals surface area contributed by atoms with Crippen LogP contribution in [0.15, 0.2) is 17.2 Å². The Hall–Kier alpha value is -2.09. The summed E-state index contributed by atoms with van der Waals surface area (Å²) >= 11 is 4.75. The summed E-state index contributed by atoms with van der Waals surface area (Å²) < 4.78 is 1.36. The van der Waals surface area contributed by atoms with E-state index in [0.717, 1.165) is 0 Å². The SMILES string of the molecule is CCc1nc(-n2cnc(C(N)=S)n2)cc(=O)[nH]1. The van der Waals surface area contributed by atoms with Crippen molar-refractivity contribution in [1.29, 1.82) is 0 Å². The largest absolute Gasteiger partial charge is 0.387 e. The molecule has 0 atom stereocenters. The number of aromatic nitrogens is 5. The maximum atomic E-state index is 11.4. The van der Waals surface area contributed by atoms with Gasteiger partial charge in [0.25, 0.3) is 5.56 Å². The van der Waals surface area contributed by atoms with Crippen LogP contribution in [-0.4, -0.2) is 29.7 Å². The Bertz CT molecular complexity index is 616. The molecule has 0 unspecified atom stereocenters. The van der Waals surface area contributed by atoms with E-state index in [0.29, 0.717) is 18.1 Å². The summed E-state index contributed by atoms with van der Waals surface area (Å²) in [5, 5.41) is 4.02. The third-order valence-electron chi connectivity index (χ3n) is 2.06. The number of nitrogens with two attached hydrogens (primary N) is 1. The predicted molar refractivity (Wildman–Crippen MR) is 65.0 cm³/mol. The molecule has 2 heterocycles. The monoisotopic (exact) mass is 250 g/mol. The Labute approximate surface area is 102 Å². The molecule has 7 nitrogen and oxygen atoms in total. The minimum absolute atomic E-state index is 0.101. The minimum Gasteiger partial charge on any atom is -0.387 e. The fourth-order valence-electron chi connectivity index (χ4n) is 1.27. The lowest BCUT2D eigenvalue weighted by atomic mass is 10.4. The lowest BCUT2D eigenvalue weighted by Crippen LogP contribution is -2.15. The van der Waals surface area contributed by atoms with Crippen molar-refractivity contribution in [1.82, 2.24) is 24.7 Å². The van der Waals surface area contributed by atoms with Crippen LogP contribution in [0, 0.1) is 0 Å². The summed E-state index contributed by atoms with van der Waals surface area (Å²) in [5.74, 6) is 1.22. The molecular formula is C9H10N6OS. The molecule has 2 aromatic rings. The van der Waals surface area contributed by atoms with Gasteiger partial charge in [0, 0.05) is 12.5 Å². The van der Waals surface area contributed by atoms with Gasteiger partial charge in [0.1, 0.15) is 17.1 Å². The van der Waals surface area contributed by atoms with Gasteiger partial charge in [-0.05, 0) is 0 Å². The van der Waals surface area contributed by atoms with Crippen LogP contribution < -0.4 is 11.3 Å². The van der Waals surface area contributed by atoms with Crippen molar-refractivity contribution in [2.45, 2.75) is 13.3 Å². The van der Waals surface area contributed by atoms with Crippen LogP contribution in [0.25, 0.3) is 5.82 Å². The smallest absolute Gasteiger partial charge is 0.253 e. The molecule has 17 heavy (non-hydrogen) atoms. The van der Waals surface area contributed by atoms with Crippen LogP contribution in [0.2, 0.25) is 0 Å². The first-order valence-electron chi connectivity index (χ1n) is 4.92. The summed E-state index contributed by atoms with van der Waals surface area (Å²) in [6.45, 7) is 1.89. The summed E-state index contributed by atoms with van der Waals surface area (Å²) in [7, 11) is 0. The molecule has 2 aromatic heterocycles. The van der Waals surface area contributed by atoms with Gasteiger partial charge in [-0.25, -0.2) is 14.6 Å². The van der Waals surface area contributed by atoms with Gasteiger partial charge < -0.3 is 10.7 Å².